The van der Waals surface area contributed by atoms with E-state index >= 15 is 0 Å². The Balaban J connectivity index is 2.34. The molecule has 1 saturated heterocycles. The van der Waals surface area contributed by atoms with E-state index in [-0.39, 0.29) is 17.5 Å². The summed E-state index contributed by atoms with van der Waals surface area (Å²) in [5.74, 6) is 0.289. The molecule has 3 atom stereocenters. The number of benzene rings is 1. The van der Waals surface area contributed by atoms with Gasteiger partial charge in [0.2, 0.25) is 0 Å². The van der Waals surface area contributed by atoms with Crippen LogP contribution in [0, 0.1) is 5.41 Å². The van der Waals surface area contributed by atoms with Crippen molar-refractivity contribution >= 4 is 15.9 Å². The Bertz CT molecular complexity index is 419. The van der Waals surface area contributed by atoms with Crippen molar-refractivity contribution in [3.63, 3.8) is 0 Å². The number of hydrogen-bond donors (Lipinski definition) is 3. The van der Waals surface area contributed by atoms with Crippen molar-refractivity contribution in [3.8, 4) is 0 Å². The van der Waals surface area contributed by atoms with Gasteiger partial charge in [0, 0.05) is 16.4 Å². The lowest BCUT2D eigenvalue weighted by molar-refractivity contribution is 0.229. The van der Waals surface area contributed by atoms with Gasteiger partial charge in [-0.1, -0.05) is 48.8 Å². The largest absolute Gasteiger partial charge is 0.314 e. The number of halogens is 1. The molecule has 0 bridgehead atoms. The second kappa shape index (κ2) is 5.29. The number of rotatable bonds is 3. The molecule has 0 amide bonds. The van der Waals surface area contributed by atoms with Crippen LogP contribution in [-0.4, -0.2) is 12.2 Å². The Morgan fingerprint density at radius 1 is 1.33 bits per heavy atom. The molecule has 0 saturated carbocycles. The highest BCUT2D eigenvalue weighted by Crippen LogP contribution is 2.38. The van der Waals surface area contributed by atoms with E-state index in [4.69, 9.17) is 5.73 Å². The summed E-state index contributed by atoms with van der Waals surface area (Å²) < 4.78 is 1.10. The zero-order valence-corrected chi connectivity index (χ0v) is 12.8. The highest BCUT2D eigenvalue weighted by Gasteiger charge is 2.42. The van der Waals surface area contributed by atoms with Crippen molar-refractivity contribution < 1.29 is 0 Å². The smallest absolute Gasteiger partial charge is 0.0764 e. The van der Waals surface area contributed by atoms with Gasteiger partial charge in [-0.2, -0.15) is 0 Å². The average Bonchev–Trinajstić information content (AvgIpc) is 2.72. The molecular weight excluding hydrogens is 290 g/mol. The zero-order valence-electron chi connectivity index (χ0n) is 11.2. The summed E-state index contributed by atoms with van der Waals surface area (Å²) in [6.07, 6.45) is 1.07. The van der Waals surface area contributed by atoms with Gasteiger partial charge in [0.05, 0.1) is 6.17 Å². The van der Waals surface area contributed by atoms with Crippen LogP contribution in [0.2, 0.25) is 0 Å². The minimum atomic E-state index is -0.0462. The van der Waals surface area contributed by atoms with Crippen molar-refractivity contribution in [2.24, 2.45) is 11.1 Å². The van der Waals surface area contributed by atoms with Crippen LogP contribution >= 0.6 is 15.9 Å². The molecule has 0 radical (unpaired) electrons. The number of hydrogen-bond acceptors (Lipinski definition) is 3. The molecule has 2 rings (SSSR count). The van der Waals surface area contributed by atoms with E-state index < -0.39 is 0 Å². The second-order valence-corrected chi connectivity index (χ2v) is 6.63. The van der Waals surface area contributed by atoms with Crippen molar-refractivity contribution in [3.05, 3.63) is 34.3 Å². The zero-order chi connectivity index (χ0) is 13.3. The quantitative estimate of drug-likeness (QED) is 0.804. The molecule has 0 aromatic heterocycles. The van der Waals surface area contributed by atoms with Crippen LogP contribution in [0.25, 0.3) is 0 Å². The second-order valence-electron chi connectivity index (χ2n) is 5.72. The minimum Gasteiger partial charge on any atom is -0.314 e. The van der Waals surface area contributed by atoms with Crippen LogP contribution in [-0.2, 0) is 0 Å². The van der Waals surface area contributed by atoms with E-state index in [0.717, 1.165) is 10.9 Å². The first kappa shape index (κ1) is 14.0. The van der Waals surface area contributed by atoms with Crippen LogP contribution in [0.3, 0.4) is 0 Å². The highest BCUT2D eigenvalue weighted by atomic mass is 79.9. The summed E-state index contributed by atoms with van der Waals surface area (Å²) in [6.45, 7) is 6.80. The van der Waals surface area contributed by atoms with Crippen LogP contribution in [0.1, 0.15) is 38.7 Å². The van der Waals surface area contributed by atoms with Gasteiger partial charge in [0.15, 0.2) is 0 Å². The van der Waals surface area contributed by atoms with Crippen LogP contribution in [0.15, 0.2) is 28.7 Å². The third kappa shape index (κ3) is 2.62. The monoisotopic (exact) mass is 311 g/mol. The molecule has 1 heterocycles. The summed E-state index contributed by atoms with van der Waals surface area (Å²) >= 11 is 3.53. The molecular formula is C14H22BrN3. The Labute approximate surface area is 118 Å². The molecule has 18 heavy (non-hydrogen) atoms. The summed E-state index contributed by atoms with van der Waals surface area (Å²) in [7, 11) is 0. The van der Waals surface area contributed by atoms with E-state index in [9.17, 15) is 0 Å². The lowest BCUT2D eigenvalue weighted by atomic mass is 9.73. The standard InChI is InChI=1S/C14H22BrN3/c1-4-14(2,3)12-11(13(16)18-17-12)9-6-5-7-10(15)8-9/h5-8,11-13,17-18H,4,16H2,1-3H3. The Hall–Kier alpha value is -0.420. The lowest BCUT2D eigenvalue weighted by Crippen LogP contribution is -2.42. The molecule has 1 fully saturated rings. The predicted molar refractivity (Wildman–Crippen MR) is 79.0 cm³/mol. The van der Waals surface area contributed by atoms with Crippen molar-refractivity contribution in [2.45, 2.75) is 45.3 Å². The van der Waals surface area contributed by atoms with Crippen molar-refractivity contribution in [1.82, 2.24) is 10.9 Å². The fourth-order valence-corrected chi connectivity index (χ4v) is 3.00. The maximum Gasteiger partial charge on any atom is 0.0764 e. The van der Waals surface area contributed by atoms with Gasteiger partial charge in [-0.25, -0.2) is 5.43 Å². The molecule has 4 heteroatoms. The molecule has 3 nitrogen and oxygen atoms in total. The molecule has 3 unspecified atom stereocenters. The number of nitrogens with one attached hydrogen (secondary N) is 2. The Kier molecular flexibility index (Phi) is 4.11. The third-order valence-electron chi connectivity index (χ3n) is 4.14. The van der Waals surface area contributed by atoms with E-state index in [0.29, 0.717) is 6.04 Å². The van der Waals surface area contributed by atoms with Gasteiger partial charge in [-0.15, -0.1) is 0 Å². The molecule has 0 aliphatic carbocycles. The minimum absolute atomic E-state index is 0.0462. The van der Waals surface area contributed by atoms with Gasteiger partial charge in [-0.3, -0.25) is 5.43 Å². The van der Waals surface area contributed by atoms with Gasteiger partial charge >= 0.3 is 0 Å². The Morgan fingerprint density at radius 2 is 2.06 bits per heavy atom. The molecule has 100 valence electrons. The lowest BCUT2D eigenvalue weighted by Gasteiger charge is -2.35. The van der Waals surface area contributed by atoms with E-state index in [2.05, 4.69) is 65.8 Å². The van der Waals surface area contributed by atoms with Crippen molar-refractivity contribution in [2.75, 3.05) is 0 Å². The molecule has 0 spiro atoms. The third-order valence-corrected chi connectivity index (χ3v) is 4.63. The van der Waals surface area contributed by atoms with Gasteiger partial charge < -0.3 is 5.73 Å². The average molecular weight is 312 g/mol. The van der Waals surface area contributed by atoms with Crippen molar-refractivity contribution in [1.29, 1.82) is 0 Å². The summed E-state index contributed by atoms with van der Waals surface area (Å²) in [5, 5.41) is 0. The van der Waals surface area contributed by atoms with Crippen LogP contribution < -0.4 is 16.6 Å². The van der Waals surface area contributed by atoms with Gasteiger partial charge in [0.1, 0.15) is 0 Å². The fourth-order valence-electron chi connectivity index (χ4n) is 2.59. The molecule has 1 aliphatic heterocycles. The van der Waals surface area contributed by atoms with E-state index in [1.54, 1.807) is 0 Å². The topological polar surface area (TPSA) is 50.1 Å². The van der Waals surface area contributed by atoms with Crippen LogP contribution in [0.4, 0.5) is 0 Å². The maximum atomic E-state index is 6.21. The SMILES string of the molecule is CCC(C)(C)C1NNC(N)C1c1cccc(Br)c1. The van der Waals surface area contributed by atoms with E-state index in [1.807, 2.05) is 6.07 Å². The van der Waals surface area contributed by atoms with E-state index in [1.165, 1.54) is 5.56 Å². The first-order valence-electron chi connectivity index (χ1n) is 6.48. The number of nitrogens with two attached hydrogens (primary N) is 1. The summed E-state index contributed by atoms with van der Waals surface area (Å²) in [4.78, 5) is 0. The summed E-state index contributed by atoms with van der Waals surface area (Å²) in [5.41, 5.74) is 14.3. The molecule has 1 aliphatic rings. The number of hydrazine groups is 1. The molecule has 1 aromatic rings. The van der Waals surface area contributed by atoms with Gasteiger partial charge in [0.25, 0.3) is 0 Å². The predicted octanol–water partition coefficient (Wildman–Crippen LogP) is 2.73. The van der Waals surface area contributed by atoms with Gasteiger partial charge in [-0.05, 0) is 29.5 Å². The van der Waals surface area contributed by atoms with Crippen LogP contribution in [0.5, 0.6) is 0 Å². The molecule has 4 N–H and O–H groups in total. The first-order chi connectivity index (χ1) is 8.45. The highest BCUT2D eigenvalue weighted by molar-refractivity contribution is 9.10. The fraction of sp³-hybridized carbons (Fsp3) is 0.571. The first-order valence-corrected chi connectivity index (χ1v) is 7.27. The maximum absolute atomic E-state index is 6.21. The molecule has 1 aromatic carbocycles. The Morgan fingerprint density at radius 3 is 2.67 bits per heavy atom. The normalized spacial score (nSPS) is 28.6. The summed E-state index contributed by atoms with van der Waals surface area (Å²) in [6, 6.07) is 8.78.